The molecule has 1 aromatic carbocycles. The molecule has 1 amide bonds. The largest absolute Gasteiger partial charge is 0.395 e. The number of hydrogen-bond donors (Lipinski definition) is 3. The van der Waals surface area contributed by atoms with Gasteiger partial charge in [-0.15, -0.1) is 0 Å². The minimum absolute atomic E-state index is 0.0599. The molecule has 2 aromatic rings. The predicted octanol–water partition coefficient (Wildman–Crippen LogP) is 2.16. The first-order valence-electron chi connectivity index (χ1n) is 6.28. The highest BCUT2D eigenvalue weighted by molar-refractivity contribution is 6.04. The number of rotatable bonds is 5. The van der Waals surface area contributed by atoms with Crippen LogP contribution in [0.25, 0.3) is 0 Å². The molecule has 0 aliphatic heterocycles. The standard InChI is InChI=1S/C14H12F3N3O2/c15-10-3-2-9(12(16)13(10)17)14(22)20-8-1-4-11(19-7-8)18-5-6-21/h1-4,7,21H,5-6H2,(H,18,19)(H,20,22). The molecule has 5 nitrogen and oxygen atoms in total. The lowest BCUT2D eigenvalue weighted by molar-refractivity contribution is 0.102. The number of amides is 1. The Morgan fingerprint density at radius 1 is 1.14 bits per heavy atom. The average molecular weight is 311 g/mol. The first kappa shape index (κ1) is 15.8. The van der Waals surface area contributed by atoms with Crippen molar-refractivity contribution < 1.29 is 23.1 Å². The zero-order valence-corrected chi connectivity index (χ0v) is 11.2. The Hall–Kier alpha value is -2.61. The number of benzene rings is 1. The van der Waals surface area contributed by atoms with Gasteiger partial charge in [0.05, 0.1) is 24.1 Å². The lowest BCUT2D eigenvalue weighted by atomic mass is 10.2. The summed E-state index contributed by atoms with van der Waals surface area (Å²) in [6.45, 7) is 0.258. The summed E-state index contributed by atoms with van der Waals surface area (Å²) in [7, 11) is 0. The van der Waals surface area contributed by atoms with Crippen LogP contribution >= 0.6 is 0 Å². The molecule has 116 valence electrons. The summed E-state index contributed by atoms with van der Waals surface area (Å²) in [6.07, 6.45) is 1.30. The smallest absolute Gasteiger partial charge is 0.258 e. The normalized spacial score (nSPS) is 10.4. The third-order valence-electron chi connectivity index (χ3n) is 2.72. The Morgan fingerprint density at radius 3 is 2.55 bits per heavy atom. The molecule has 1 heterocycles. The summed E-state index contributed by atoms with van der Waals surface area (Å²) in [4.78, 5) is 15.8. The van der Waals surface area contributed by atoms with Crippen LogP contribution in [-0.4, -0.2) is 29.1 Å². The Kier molecular flexibility index (Phi) is 4.95. The van der Waals surface area contributed by atoms with Crippen LogP contribution in [0.1, 0.15) is 10.4 Å². The van der Waals surface area contributed by atoms with Gasteiger partial charge in [0, 0.05) is 6.54 Å². The summed E-state index contributed by atoms with van der Waals surface area (Å²) in [5.41, 5.74) is -0.356. The summed E-state index contributed by atoms with van der Waals surface area (Å²) < 4.78 is 39.4. The van der Waals surface area contributed by atoms with E-state index in [1.807, 2.05) is 0 Å². The Balaban J connectivity index is 2.10. The molecule has 0 unspecified atom stereocenters. The molecule has 0 aliphatic rings. The van der Waals surface area contributed by atoms with Gasteiger partial charge in [-0.05, 0) is 24.3 Å². The van der Waals surface area contributed by atoms with E-state index in [1.54, 1.807) is 0 Å². The minimum Gasteiger partial charge on any atom is -0.395 e. The van der Waals surface area contributed by atoms with Gasteiger partial charge in [0.1, 0.15) is 5.82 Å². The molecule has 3 N–H and O–H groups in total. The molecule has 2 rings (SSSR count). The molecule has 0 bridgehead atoms. The molecular weight excluding hydrogens is 299 g/mol. The SMILES string of the molecule is O=C(Nc1ccc(NCCO)nc1)c1ccc(F)c(F)c1F. The van der Waals surface area contributed by atoms with Gasteiger partial charge in [-0.3, -0.25) is 4.79 Å². The first-order valence-corrected chi connectivity index (χ1v) is 6.28. The fraction of sp³-hybridized carbons (Fsp3) is 0.143. The third kappa shape index (κ3) is 3.53. The zero-order chi connectivity index (χ0) is 16.1. The molecule has 0 spiro atoms. The Labute approximate surface area is 123 Å². The van der Waals surface area contributed by atoms with Crippen molar-refractivity contribution in [3.63, 3.8) is 0 Å². The van der Waals surface area contributed by atoms with Crippen molar-refractivity contribution in [3.05, 3.63) is 53.5 Å². The molecule has 0 saturated heterocycles. The molecular formula is C14H12F3N3O2. The number of aliphatic hydroxyl groups excluding tert-OH is 1. The number of aliphatic hydroxyl groups is 1. The van der Waals surface area contributed by atoms with Gasteiger partial charge in [-0.2, -0.15) is 0 Å². The monoisotopic (exact) mass is 311 g/mol. The van der Waals surface area contributed by atoms with E-state index in [0.29, 0.717) is 18.4 Å². The summed E-state index contributed by atoms with van der Waals surface area (Å²) in [5.74, 6) is -5.06. The molecule has 0 saturated carbocycles. The van der Waals surface area contributed by atoms with E-state index in [0.717, 1.165) is 6.07 Å². The number of carbonyl (C=O) groups excluding carboxylic acids is 1. The van der Waals surface area contributed by atoms with E-state index in [2.05, 4.69) is 15.6 Å². The lowest BCUT2D eigenvalue weighted by Gasteiger charge is -2.08. The number of nitrogens with one attached hydrogen (secondary N) is 2. The Bertz CT molecular complexity index is 678. The van der Waals surface area contributed by atoms with Crippen molar-refractivity contribution in [1.82, 2.24) is 4.98 Å². The van der Waals surface area contributed by atoms with Gasteiger partial charge in [0.15, 0.2) is 17.5 Å². The van der Waals surface area contributed by atoms with Crippen LogP contribution in [0.3, 0.4) is 0 Å². The Morgan fingerprint density at radius 2 is 1.91 bits per heavy atom. The van der Waals surface area contributed by atoms with E-state index in [4.69, 9.17) is 5.11 Å². The van der Waals surface area contributed by atoms with Gasteiger partial charge in [-0.1, -0.05) is 0 Å². The number of carbonyl (C=O) groups is 1. The number of nitrogens with zero attached hydrogens (tertiary/aromatic N) is 1. The van der Waals surface area contributed by atoms with Crippen molar-refractivity contribution in [3.8, 4) is 0 Å². The van der Waals surface area contributed by atoms with E-state index in [-0.39, 0.29) is 12.3 Å². The van der Waals surface area contributed by atoms with Crippen molar-refractivity contribution >= 4 is 17.4 Å². The maximum absolute atomic E-state index is 13.5. The molecule has 0 radical (unpaired) electrons. The number of pyridine rings is 1. The quantitative estimate of drug-likeness (QED) is 0.740. The molecule has 1 aromatic heterocycles. The summed E-state index contributed by atoms with van der Waals surface area (Å²) in [6, 6.07) is 4.55. The summed E-state index contributed by atoms with van der Waals surface area (Å²) in [5, 5.41) is 13.8. The molecule has 8 heteroatoms. The van der Waals surface area contributed by atoms with Crippen LogP contribution < -0.4 is 10.6 Å². The van der Waals surface area contributed by atoms with Crippen LogP contribution in [0.5, 0.6) is 0 Å². The fourth-order valence-corrected chi connectivity index (χ4v) is 1.66. The number of hydrogen-bond acceptors (Lipinski definition) is 4. The van der Waals surface area contributed by atoms with Gasteiger partial charge in [0.25, 0.3) is 5.91 Å². The highest BCUT2D eigenvalue weighted by atomic mass is 19.2. The van der Waals surface area contributed by atoms with Gasteiger partial charge >= 0.3 is 0 Å². The van der Waals surface area contributed by atoms with Crippen molar-refractivity contribution in [2.45, 2.75) is 0 Å². The van der Waals surface area contributed by atoms with Crippen LogP contribution in [0, 0.1) is 17.5 Å². The van der Waals surface area contributed by atoms with Gasteiger partial charge in [-0.25, -0.2) is 18.2 Å². The first-order chi connectivity index (χ1) is 10.5. The zero-order valence-electron chi connectivity index (χ0n) is 11.2. The highest BCUT2D eigenvalue weighted by Gasteiger charge is 2.18. The maximum Gasteiger partial charge on any atom is 0.258 e. The van der Waals surface area contributed by atoms with Crippen LogP contribution in [0.2, 0.25) is 0 Å². The molecule has 0 atom stereocenters. The second kappa shape index (κ2) is 6.90. The summed E-state index contributed by atoms with van der Waals surface area (Å²) >= 11 is 0. The minimum atomic E-state index is -1.70. The second-order valence-electron chi connectivity index (χ2n) is 4.26. The van der Waals surface area contributed by atoms with Gasteiger partial charge < -0.3 is 15.7 Å². The van der Waals surface area contributed by atoms with E-state index in [9.17, 15) is 18.0 Å². The van der Waals surface area contributed by atoms with Crippen molar-refractivity contribution in [1.29, 1.82) is 0 Å². The van der Waals surface area contributed by atoms with E-state index >= 15 is 0 Å². The number of halogens is 3. The fourth-order valence-electron chi connectivity index (χ4n) is 1.66. The van der Waals surface area contributed by atoms with E-state index < -0.39 is 28.9 Å². The number of anilines is 2. The maximum atomic E-state index is 13.5. The molecule has 22 heavy (non-hydrogen) atoms. The number of aromatic nitrogens is 1. The lowest BCUT2D eigenvalue weighted by Crippen LogP contribution is -2.15. The van der Waals surface area contributed by atoms with Crippen LogP contribution in [-0.2, 0) is 0 Å². The van der Waals surface area contributed by atoms with Crippen molar-refractivity contribution in [2.75, 3.05) is 23.8 Å². The van der Waals surface area contributed by atoms with Crippen molar-refractivity contribution in [2.24, 2.45) is 0 Å². The van der Waals surface area contributed by atoms with Crippen LogP contribution in [0.15, 0.2) is 30.5 Å². The second-order valence-corrected chi connectivity index (χ2v) is 4.26. The third-order valence-corrected chi connectivity index (χ3v) is 2.72. The predicted molar refractivity (Wildman–Crippen MR) is 74.1 cm³/mol. The van der Waals surface area contributed by atoms with Gasteiger partial charge in [0.2, 0.25) is 0 Å². The van der Waals surface area contributed by atoms with Crippen LogP contribution in [0.4, 0.5) is 24.7 Å². The topological polar surface area (TPSA) is 74.2 Å². The molecule has 0 aliphatic carbocycles. The average Bonchev–Trinajstić information content (AvgIpc) is 2.52. The molecule has 0 fully saturated rings. The highest BCUT2D eigenvalue weighted by Crippen LogP contribution is 2.17. The van der Waals surface area contributed by atoms with E-state index in [1.165, 1.54) is 18.3 Å².